The predicted molar refractivity (Wildman–Crippen MR) is 206 cm³/mol. The molecule has 0 spiro atoms. The van der Waals surface area contributed by atoms with Gasteiger partial charge in [0, 0.05) is 44.5 Å². The normalized spacial score (nSPS) is 11.7. The molecule has 50 heavy (non-hydrogen) atoms. The van der Waals surface area contributed by atoms with E-state index in [1.165, 1.54) is 38.1 Å². The Bertz CT molecular complexity index is 2890. The van der Waals surface area contributed by atoms with E-state index in [0.29, 0.717) is 0 Å². The zero-order chi connectivity index (χ0) is 33.2. The third-order valence-electron chi connectivity index (χ3n) is 9.96. The molecule has 0 aliphatic heterocycles. The number of aromatic nitrogens is 4. The third kappa shape index (κ3) is 4.41. The van der Waals surface area contributed by atoms with Crippen LogP contribution < -0.4 is 4.74 Å². The minimum atomic E-state index is 0.851. The SMILES string of the molecule is COc1ccc(-c2ccc3c(c2)c2cc4c5ccccc5n(-c5ccccc5)c4cc2n3-c2ccc(-c3ccc4ncncc4c3)cc2)cc1. The van der Waals surface area contributed by atoms with Crippen LogP contribution in [0.3, 0.4) is 0 Å². The molecule has 0 radical (unpaired) electrons. The number of nitrogens with zero attached hydrogens (tertiary/aromatic N) is 4. The zero-order valence-electron chi connectivity index (χ0n) is 27.3. The van der Waals surface area contributed by atoms with E-state index in [2.05, 4.69) is 159 Å². The molecule has 3 heterocycles. The van der Waals surface area contributed by atoms with Crippen LogP contribution in [-0.2, 0) is 0 Å². The summed E-state index contributed by atoms with van der Waals surface area (Å²) in [5.41, 5.74) is 12.5. The van der Waals surface area contributed by atoms with Gasteiger partial charge in [0.2, 0.25) is 0 Å². The highest BCUT2D eigenvalue weighted by atomic mass is 16.5. The van der Waals surface area contributed by atoms with Crippen LogP contribution in [0.15, 0.2) is 164 Å². The highest BCUT2D eigenvalue weighted by Crippen LogP contribution is 2.41. The van der Waals surface area contributed by atoms with Crippen molar-refractivity contribution in [3.63, 3.8) is 0 Å². The number of fused-ring (bicyclic) bond motifs is 7. The van der Waals surface area contributed by atoms with Gasteiger partial charge in [-0.2, -0.15) is 0 Å². The molecule has 0 N–H and O–H groups in total. The lowest BCUT2D eigenvalue weighted by Crippen LogP contribution is -1.96. The smallest absolute Gasteiger partial charge is 0.118 e. The summed E-state index contributed by atoms with van der Waals surface area (Å²) in [7, 11) is 1.70. The van der Waals surface area contributed by atoms with Crippen LogP contribution >= 0.6 is 0 Å². The van der Waals surface area contributed by atoms with Gasteiger partial charge in [-0.05, 0) is 101 Å². The van der Waals surface area contributed by atoms with Crippen LogP contribution in [0.1, 0.15) is 0 Å². The van der Waals surface area contributed by atoms with E-state index in [4.69, 9.17) is 4.74 Å². The molecule has 0 unspecified atom stereocenters. The zero-order valence-corrected chi connectivity index (χ0v) is 27.3. The average molecular weight is 643 g/mol. The van der Waals surface area contributed by atoms with Gasteiger partial charge in [-0.3, -0.25) is 0 Å². The van der Waals surface area contributed by atoms with Gasteiger partial charge in [-0.25, -0.2) is 9.97 Å². The summed E-state index contributed by atoms with van der Waals surface area (Å²) in [6, 6.07) is 54.5. The summed E-state index contributed by atoms with van der Waals surface area (Å²) in [5.74, 6) is 0.851. The van der Waals surface area contributed by atoms with Crippen LogP contribution in [0.25, 0.3) is 88.1 Å². The van der Waals surface area contributed by atoms with E-state index >= 15 is 0 Å². The lowest BCUT2D eigenvalue weighted by Gasteiger charge is -2.11. The number of methoxy groups -OCH3 is 1. The molecule has 0 aliphatic carbocycles. The molecule has 0 fully saturated rings. The van der Waals surface area contributed by atoms with Crippen LogP contribution in [0.5, 0.6) is 5.75 Å². The van der Waals surface area contributed by atoms with Crippen LogP contribution in [0, 0.1) is 0 Å². The fourth-order valence-corrected chi connectivity index (χ4v) is 7.54. The van der Waals surface area contributed by atoms with E-state index in [1.54, 1.807) is 13.4 Å². The fraction of sp³-hybridized carbons (Fsp3) is 0.0222. The molecule has 7 aromatic carbocycles. The Morgan fingerprint density at radius 1 is 0.460 bits per heavy atom. The Labute approximate surface area is 288 Å². The van der Waals surface area contributed by atoms with E-state index in [0.717, 1.165) is 55.8 Å². The monoisotopic (exact) mass is 642 g/mol. The number of para-hydroxylation sites is 2. The van der Waals surface area contributed by atoms with Gasteiger partial charge in [0.15, 0.2) is 0 Å². The second-order valence-electron chi connectivity index (χ2n) is 12.7. The first kappa shape index (κ1) is 28.3. The minimum Gasteiger partial charge on any atom is -0.497 e. The summed E-state index contributed by atoms with van der Waals surface area (Å²) in [6.07, 6.45) is 3.46. The maximum atomic E-state index is 5.44. The van der Waals surface area contributed by atoms with Crippen LogP contribution in [-0.4, -0.2) is 26.2 Å². The summed E-state index contributed by atoms with van der Waals surface area (Å²) in [4.78, 5) is 8.62. The molecule has 3 aromatic heterocycles. The molecule has 0 bridgehead atoms. The van der Waals surface area contributed by atoms with Crippen LogP contribution in [0.4, 0.5) is 0 Å². The molecule has 10 aromatic rings. The van der Waals surface area contributed by atoms with Crippen LogP contribution in [0.2, 0.25) is 0 Å². The molecule has 10 rings (SSSR count). The molecule has 5 nitrogen and oxygen atoms in total. The summed E-state index contributed by atoms with van der Waals surface area (Å²) >= 11 is 0. The Balaban J connectivity index is 1.23. The van der Waals surface area contributed by atoms with Gasteiger partial charge < -0.3 is 13.9 Å². The number of rotatable bonds is 5. The largest absolute Gasteiger partial charge is 0.497 e. The average Bonchev–Trinajstić information content (AvgIpc) is 3.68. The molecule has 0 aliphatic rings. The highest BCUT2D eigenvalue weighted by Gasteiger charge is 2.19. The maximum absolute atomic E-state index is 5.44. The first-order valence-electron chi connectivity index (χ1n) is 16.8. The maximum Gasteiger partial charge on any atom is 0.118 e. The Morgan fingerprint density at radius 2 is 1.06 bits per heavy atom. The number of benzene rings is 7. The van der Waals surface area contributed by atoms with E-state index < -0.39 is 0 Å². The van der Waals surface area contributed by atoms with Gasteiger partial charge in [-0.15, -0.1) is 0 Å². The minimum absolute atomic E-state index is 0.851. The highest BCUT2D eigenvalue weighted by molar-refractivity contribution is 6.19. The number of hydrogen-bond donors (Lipinski definition) is 0. The Hall–Kier alpha value is -6.72. The van der Waals surface area contributed by atoms with Crippen molar-refractivity contribution in [1.29, 1.82) is 0 Å². The third-order valence-corrected chi connectivity index (χ3v) is 9.96. The van der Waals surface area contributed by atoms with E-state index in [1.807, 2.05) is 18.3 Å². The van der Waals surface area contributed by atoms with Gasteiger partial charge >= 0.3 is 0 Å². The van der Waals surface area contributed by atoms with E-state index in [-0.39, 0.29) is 0 Å². The first-order valence-corrected chi connectivity index (χ1v) is 16.8. The van der Waals surface area contributed by atoms with Gasteiger partial charge in [-0.1, -0.05) is 72.8 Å². The summed E-state index contributed by atoms with van der Waals surface area (Å²) in [5, 5.41) is 5.94. The molecule has 236 valence electrons. The summed E-state index contributed by atoms with van der Waals surface area (Å²) < 4.78 is 10.2. The second kappa shape index (κ2) is 11.2. The second-order valence-corrected chi connectivity index (χ2v) is 12.7. The molecular weight excluding hydrogens is 613 g/mol. The number of ether oxygens (including phenoxy) is 1. The number of hydrogen-bond acceptors (Lipinski definition) is 3. The first-order chi connectivity index (χ1) is 24.7. The van der Waals surface area contributed by atoms with Crippen molar-refractivity contribution in [2.24, 2.45) is 0 Å². The van der Waals surface area contributed by atoms with Crippen molar-refractivity contribution in [3.05, 3.63) is 164 Å². The molecule has 0 saturated carbocycles. The lowest BCUT2D eigenvalue weighted by molar-refractivity contribution is 0.415. The topological polar surface area (TPSA) is 44.9 Å². The molecule has 0 atom stereocenters. The van der Waals surface area contributed by atoms with Crippen molar-refractivity contribution in [2.45, 2.75) is 0 Å². The molecule has 5 heteroatoms. The lowest BCUT2D eigenvalue weighted by atomic mass is 10.0. The van der Waals surface area contributed by atoms with Gasteiger partial charge in [0.25, 0.3) is 0 Å². The van der Waals surface area contributed by atoms with Crippen molar-refractivity contribution < 1.29 is 4.74 Å². The van der Waals surface area contributed by atoms with Crippen molar-refractivity contribution in [2.75, 3.05) is 7.11 Å². The Kier molecular flexibility index (Phi) is 6.33. The molecular formula is C45H30N4O. The molecule has 0 saturated heterocycles. The van der Waals surface area contributed by atoms with E-state index in [9.17, 15) is 0 Å². The standard InChI is InChI=1S/C45H30N4O/c1-50-36-19-13-30(14-20-36)32-16-22-43-38(24-32)40-25-39-37-9-5-6-10-42(37)48(34-7-3-2-4-8-34)44(39)26-45(40)49(43)35-17-11-29(12-18-35)31-15-21-41-33(23-31)27-46-28-47-41/h2-28H,1H3. The van der Waals surface area contributed by atoms with Crippen molar-refractivity contribution in [1.82, 2.24) is 19.1 Å². The predicted octanol–water partition coefficient (Wildman–Crippen LogP) is 11.2. The van der Waals surface area contributed by atoms with Gasteiger partial charge in [0.1, 0.15) is 12.1 Å². The van der Waals surface area contributed by atoms with Gasteiger partial charge in [0.05, 0.1) is 34.7 Å². The fourth-order valence-electron chi connectivity index (χ4n) is 7.54. The van der Waals surface area contributed by atoms with Crippen molar-refractivity contribution >= 4 is 54.5 Å². The molecule has 0 amide bonds. The Morgan fingerprint density at radius 3 is 1.84 bits per heavy atom. The van der Waals surface area contributed by atoms with Crippen molar-refractivity contribution in [3.8, 4) is 39.4 Å². The quantitative estimate of drug-likeness (QED) is 0.188. The summed E-state index contributed by atoms with van der Waals surface area (Å²) in [6.45, 7) is 0.